The van der Waals surface area contributed by atoms with Gasteiger partial charge < -0.3 is 14.2 Å². The van der Waals surface area contributed by atoms with E-state index < -0.39 is 6.10 Å². The van der Waals surface area contributed by atoms with Gasteiger partial charge in [-0.2, -0.15) is 0 Å². The molecule has 0 bridgehead atoms. The Morgan fingerprint density at radius 2 is 0.593 bits per heavy atom. The van der Waals surface area contributed by atoms with Crippen LogP contribution in [0.3, 0.4) is 0 Å². The van der Waals surface area contributed by atoms with Crippen LogP contribution in [0.5, 0.6) is 0 Å². The van der Waals surface area contributed by atoms with Crippen LogP contribution in [0.2, 0.25) is 0 Å². The largest absolute Gasteiger partial charge is 0.462 e. The van der Waals surface area contributed by atoms with Crippen molar-refractivity contribution in [3.05, 3.63) is 0 Å². The van der Waals surface area contributed by atoms with Crippen molar-refractivity contribution in [3.8, 4) is 0 Å². The molecule has 6 nitrogen and oxygen atoms in total. The van der Waals surface area contributed by atoms with Gasteiger partial charge in [-0.15, -0.1) is 0 Å². The van der Waals surface area contributed by atoms with Gasteiger partial charge in [0.25, 0.3) is 0 Å². The summed E-state index contributed by atoms with van der Waals surface area (Å²) in [4.78, 5) is 37.9. The molecule has 0 aromatic heterocycles. The molecule has 6 heteroatoms. The maximum atomic E-state index is 12.7. The summed E-state index contributed by atoms with van der Waals surface area (Å²) in [6.45, 7) is 13.7. The Hall–Kier alpha value is -1.59. The second-order valence-electron chi connectivity index (χ2n) is 19.4. The minimum absolute atomic E-state index is 0.0656. The summed E-state index contributed by atoms with van der Waals surface area (Å²) >= 11 is 0. The van der Waals surface area contributed by atoms with Crippen molar-refractivity contribution < 1.29 is 28.6 Å². The molecular formula is C53H102O6. The lowest BCUT2D eigenvalue weighted by atomic mass is 9.99. The third kappa shape index (κ3) is 45.8. The van der Waals surface area contributed by atoms with Crippen LogP contribution in [-0.2, 0) is 28.6 Å². The highest BCUT2D eigenvalue weighted by atomic mass is 16.6. The Labute approximate surface area is 368 Å². The Balaban J connectivity index is 4.23. The first-order valence-corrected chi connectivity index (χ1v) is 26.1. The normalized spacial score (nSPS) is 12.6. The molecule has 0 aliphatic carbocycles. The molecule has 0 rings (SSSR count). The highest BCUT2D eigenvalue weighted by Gasteiger charge is 2.19. The van der Waals surface area contributed by atoms with Crippen LogP contribution in [0.15, 0.2) is 0 Å². The summed E-state index contributed by atoms with van der Waals surface area (Å²) in [5, 5.41) is 0. The Morgan fingerprint density at radius 3 is 0.881 bits per heavy atom. The average molecular weight is 835 g/mol. The molecular weight excluding hydrogens is 733 g/mol. The van der Waals surface area contributed by atoms with Gasteiger partial charge in [-0.05, 0) is 37.0 Å². The summed E-state index contributed by atoms with van der Waals surface area (Å²) in [5.41, 5.74) is 0. The molecule has 0 amide bonds. The molecule has 0 saturated carbocycles. The van der Waals surface area contributed by atoms with Gasteiger partial charge in [0.2, 0.25) is 0 Å². The minimum atomic E-state index is -0.763. The van der Waals surface area contributed by atoms with Crippen LogP contribution < -0.4 is 0 Å². The quantitative estimate of drug-likeness (QED) is 0.0345. The molecule has 0 radical (unpaired) electrons. The first-order chi connectivity index (χ1) is 28.6. The summed E-state index contributed by atoms with van der Waals surface area (Å²) in [7, 11) is 0. The number of rotatable bonds is 46. The number of esters is 3. The van der Waals surface area contributed by atoms with E-state index in [4.69, 9.17) is 14.2 Å². The summed E-state index contributed by atoms with van der Waals surface area (Å²) in [6, 6.07) is 0. The van der Waals surface area contributed by atoms with Crippen LogP contribution >= 0.6 is 0 Å². The van der Waals surface area contributed by atoms with E-state index in [2.05, 4.69) is 41.5 Å². The van der Waals surface area contributed by atoms with Gasteiger partial charge in [-0.1, -0.05) is 247 Å². The van der Waals surface area contributed by atoms with Crippen molar-refractivity contribution in [2.75, 3.05) is 13.2 Å². The zero-order valence-electron chi connectivity index (χ0n) is 40.5. The minimum Gasteiger partial charge on any atom is -0.462 e. The van der Waals surface area contributed by atoms with Gasteiger partial charge >= 0.3 is 17.9 Å². The van der Waals surface area contributed by atoms with E-state index in [1.165, 1.54) is 167 Å². The average Bonchev–Trinajstić information content (AvgIpc) is 3.20. The summed E-state index contributed by atoms with van der Waals surface area (Å²) < 4.78 is 16.8. The summed E-state index contributed by atoms with van der Waals surface area (Å²) in [5.74, 6) is 1.62. The van der Waals surface area contributed by atoms with Crippen LogP contribution in [-0.4, -0.2) is 37.2 Å². The molecule has 2 atom stereocenters. The number of ether oxygens (including phenoxy) is 3. The Bertz CT molecular complexity index is 916. The van der Waals surface area contributed by atoms with Gasteiger partial charge in [0.15, 0.2) is 6.10 Å². The van der Waals surface area contributed by atoms with E-state index in [9.17, 15) is 14.4 Å². The predicted octanol–water partition coefficient (Wildman–Crippen LogP) is 16.8. The molecule has 0 fully saturated rings. The van der Waals surface area contributed by atoms with Crippen LogP contribution in [0.1, 0.15) is 286 Å². The van der Waals surface area contributed by atoms with Crippen molar-refractivity contribution in [1.29, 1.82) is 0 Å². The molecule has 59 heavy (non-hydrogen) atoms. The van der Waals surface area contributed by atoms with E-state index >= 15 is 0 Å². The fourth-order valence-corrected chi connectivity index (χ4v) is 7.91. The fraction of sp³-hybridized carbons (Fsp3) is 0.943. The zero-order valence-corrected chi connectivity index (χ0v) is 40.5. The second kappa shape index (κ2) is 44.5. The standard InChI is InChI=1S/C53H102O6/c1-7-49(6)41-35-29-22-18-14-10-8-9-11-15-19-23-30-36-42-51(54)57-45-50(59-53(56)44-38-32-26-25-28-34-40-48(4)5)46-58-52(55)43-37-31-24-20-16-12-13-17-21-27-33-39-47(2)3/h47-50H,7-46H2,1-6H3/t49?,50-/m1/s1. The first-order valence-electron chi connectivity index (χ1n) is 26.1. The SMILES string of the molecule is CCC(C)CCCCCCCCCCCCCCCCC(=O)OC[C@H](COC(=O)CCCCCCCCCCCCCC(C)C)OC(=O)CCCCCCCCC(C)C. The number of hydrogen-bond donors (Lipinski definition) is 0. The molecule has 350 valence electrons. The van der Waals surface area contributed by atoms with Crippen molar-refractivity contribution in [3.63, 3.8) is 0 Å². The highest BCUT2D eigenvalue weighted by Crippen LogP contribution is 2.18. The lowest BCUT2D eigenvalue weighted by Crippen LogP contribution is -2.30. The van der Waals surface area contributed by atoms with Crippen LogP contribution in [0.25, 0.3) is 0 Å². The fourth-order valence-electron chi connectivity index (χ4n) is 7.91. The van der Waals surface area contributed by atoms with E-state index in [1.807, 2.05) is 0 Å². The molecule has 0 saturated heterocycles. The highest BCUT2D eigenvalue weighted by molar-refractivity contribution is 5.71. The van der Waals surface area contributed by atoms with Gasteiger partial charge in [-0.25, -0.2) is 0 Å². The number of unbranched alkanes of at least 4 members (excludes halogenated alkanes) is 28. The second-order valence-corrected chi connectivity index (χ2v) is 19.4. The molecule has 0 N–H and O–H groups in total. The maximum Gasteiger partial charge on any atom is 0.306 e. The molecule has 0 aliphatic rings. The molecule has 0 spiro atoms. The van der Waals surface area contributed by atoms with E-state index in [0.29, 0.717) is 19.3 Å². The monoisotopic (exact) mass is 835 g/mol. The first kappa shape index (κ1) is 57.4. The predicted molar refractivity (Wildman–Crippen MR) is 252 cm³/mol. The topological polar surface area (TPSA) is 78.9 Å². The lowest BCUT2D eigenvalue weighted by molar-refractivity contribution is -0.167. The van der Waals surface area contributed by atoms with Crippen molar-refractivity contribution in [2.24, 2.45) is 17.8 Å². The van der Waals surface area contributed by atoms with Crippen LogP contribution in [0, 0.1) is 17.8 Å². The van der Waals surface area contributed by atoms with Gasteiger partial charge in [-0.3, -0.25) is 14.4 Å². The van der Waals surface area contributed by atoms with Gasteiger partial charge in [0.1, 0.15) is 13.2 Å². The Morgan fingerprint density at radius 1 is 0.339 bits per heavy atom. The van der Waals surface area contributed by atoms with Crippen molar-refractivity contribution in [2.45, 2.75) is 292 Å². The molecule has 0 aromatic carbocycles. The van der Waals surface area contributed by atoms with E-state index in [1.54, 1.807) is 0 Å². The van der Waals surface area contributed by atoms with E-state index in [0.717, 1.165) is 75.5 Å². The number of hydrogen-bond acceptors (Lipinski definition) is 6. The molecule has 1 unspecified atom stereocenters. The molecule has 0 aromatic rings. The van der Waals surface area contributed by atoms with Crippen LogP contribution in [0.4, 0.5) is 0 Å². The third-order valence-corrected chi connectivity index (χ3v) is 12.3. The van der Waals surface area contributed by atoms with E-state index in [-0.39, 0.29) is 31.1 Å². The van der Waals surface area contributed by atoms with Crippen molar-refractivity contribution >= 4 is 17.9 Å². The Kier molecular flexibility index (Phi) is 43.3. The molecule has 0 heterocycles. The lowest BCUT2D eigenvalue weighted by Gasteiger charge is -2.18. The number of carbonyl (C=O) groups excluding carboxylic acids is 3. The smallest absolute Gasteiger partial charge is 0.306 e. The number of carbonyl (C=O) groups is 3. The molecule has 0 aliphatic heterocycles. The zero-order chi connectivity index (χ0) is 43.4. The van der Waals surface area contributed by atoms with Gasteiger partial charge in [0, 0.05) is 19.3 Å². The van der Waals surface area contributed by atoms with Crippen molar-refractivity contribution in [1.82, 2.24) is 0 Å². The third-order valence-electron chi connectivity index (χ3n) is 12.3. The van der Waals surface area contributed by atoms with Gasteiger partial charge in [0.05, 0.1) is 0 Å². The summed E-state index contributed by atoms with van der Waals surface area (Å²) in [6.07, 6.45) is 43.9. The maximum absolute atomic E-state index is 12.7.